The van der Waals surface area contributed by atoms with Crippen LogP contribution in [0, 0.1) is 0 Å². The molecule has 0 atom stereocenters. The lowest BCUT2D eigenvalue weighted by molar-refractivity contribution is 1.15. The number of H-pyrrole nitrogens is 1. The van der Waals surface area contributed by atoms with Crippen LogP contribution in [0.5, 0.6) is 0 Å². The summed E-state index contributed by atoms with van der Waals surface area (Å²) < 4.78 is 0. The number of nitrogens with one attached hydrogen (secondary N) is 1. The Balaban J connectivity index is 1.68. The molecule has 0 bridgehead atoms. The number of nitrogens with zero attached hydrogens (tertiary/aromatic N) is 4. The van der Waals surface area contributed by atoms with E-state index in [0.717, 1.165) is 33.7 Å². The Morgan fingerprint density at radius 2 is 1.81 bits per heavy atom. The maximum atomic E-state index is 4.66. The average Bonchev–Trinajstić information content (AvgIpc) is 3.13. The molecule has 5 heteroatoms. The van der Waals surface area contributed by atoms with Gasteiger partial charge in [-0.25, -0.2) is 4.98 Å². The zero-order valence-electron chi connectivity index (χ0n) is 14.1. The van der Waals surface area contributed by atoms with Crippen molar-refractivity contribution in [2.45, 2.75) is 6.42 Å². The first-order valence-corrected chi connectivity index (χ1v) is 8.37. The molecular weight excluding hydrogens is 322 g/mol. The van der Waals surface area contributed by atoms with Gasteiger partial charge in [0.1, 0.15) is 5.71 Å². The van der Waals surface area contributed by atoms with Crippen LogP contribution in [-0.4, -0.2) is 26.9 Å². The minimum atomic E-state index is 0.644. The first-order chi connectivity index (χ1) is 12.9. The number of imidazole rings is 1. The molecule has 0 unspecified atom stereocenters. The zero-order valence-corrected chi connectivity index (χ0v) is 14.1. The van der Waals surface area contributed by atoms with Gasteiger partial charge in [-0.2, -0.15) is 10.2 Å². The molecule has 4 rings (SSSR count). The molecule has 0 spiro atoms. The number of aromatic nitrogens is 3. The molecule has 0 radical (unpaired) electrons. The second-order valence-corrected chi connectivity index (χ2v) is 5.84. The normalized spacial score (nSPS) is 12.1. The van der Waals surface area contributed by atoms with Gasteiger partial charge in [-0.05, 0) is 23.8 Å². The fourth-order valence-electron chi connectivity index (χ4n) is 2.66. The molecule has 0 fully saturated rings. The smallest absolute Gasteiger partial charge is 0.155 e. The van der Waals surface area contributed by atoms with Crippen molar-refractivity contribution < 1.29 is 0 Å². The summed E-state index contributed by atoms with van der Waals surface area (Å²) in [5, 5.41) is 8.69. The van der Waals surface area contributed by atoms with Crippen LogP contribution in [-0.2, 0) is 6.42 Å². The molecule has 2 heterocycles. The molecule has 2 aromatic heterocycles. The highest BCUT2D eigenvalue weighted by molar-refractivity contribution is 6.01. The Kier molecular flexibility index (Phi) is 4.60. The van der Waals surface area contributed by atoms with E-state index >= 15 is 0 Å². The third-order valence-electron chi connectivity index (χ3n) is 3.95. The second-order valence-electron chi connectivity index (χ2n) is 5.84. The van der Waals surface area contributed by atoms with Gasteiger partial charge in [0, 0.05) is 24.4 Å². The summed E-state index contributed by atoms with van der Waals surface area (Å²) in [4.78, 5) is 12.1. The Morgan fingerprint density at radius 1 is 0.962 bits per heavy atom. The van der Waals surface area contributed by atoms with Crippen LogP contribution in [0.3, 0.4) is 0 Å². The lowest BCUT2D eigenvalue weighted by Gasteiger charge is -2.02. The van der Waals surface area contributed by atoms with Crippen LogP contribution in [0.1, 0.15) is 17.0 Å². The summed E-state index contributed by atoms with van der Waals surface area (Å²) in [5.74, 6) is 0.735. The van der Waals surface area contributed by atoms with E-state index in [1.807, 2.05) is 54.6 Å². The van der Waals surface area contributed by atoms with Crippen molar-refractivity contribution in [2.24, 2.45) is 10.2 Å². The van der Waals surface area contributed by atoms with E-state index < -0.39 is 0 Å². The number of rotatable bonds is 5. The number of aromatic amines is 1. The summed E-state index contributed by atoms with van der Waals surface area (Å²) in [6.45, 7) is 0. The number of para-hydroxylation sites is 2. The standard InChI is InChI=1S/C21H17N5/c1-2-7-16(8-3-1)13-20(26-23-15-17-9-6-12-22-14-17)21-24-18-10-4-5-11-19(18)25-21/h1-12,14-15H,13H2,(H,24,25)/b23-15-,26-20-. The van der Waals surface area contributed by atoms with E-state index in [-0.39, 0.29) is 0 Å². The lowest BCUT2D eigenvalue weighted by Crippen LogP contribution is -2.07. The molecule has 0 aliphatic heterocycles. The highest BCUT2D eigenvalue weighted by Crippen LogP contribution is 2.13. The molecule has 5 nitrogen and oxygen atoms in total. The van der Waals surface area contributed by atoms with Gasteiger partial charge >= 0.3 is 0 Å². The van der Waals surface area contributed by atoms with E-state index in [2.05, 4.69) is 37.3 Å². The molecule has 0 saturated carbocycles. The van der Waals surface area contributed by atoms with E-state index in [0.29, 0.717) is 6.42 Å². The lowest BCUT2D eigenvalue weighted by atomic mass is 10.1. The molecule has 0 aliphatic carbocycles. The molecule has 0 aliphatic rings. The summed E-state index contributed by atoms with van der Waals surface area (Å²) in [5.41, 5.74) is 4.75. The maximum Gasteiger partial charge on any atom is 0.155 e. The number of pyridine rings is 1. The Bertz CT molecular complexity index is 1020. The number of fused-ring (bicyclic) bond motifs is 1. The van der Waals surface area contributed by atoms with E-state index in [4.69, 9.17) is 0 Å². The first-order valence-electron chi connectivity index (χ1n) is 8.37. The van der Waals surface area contributed by atoms with Crippen LogP contribution in [0.4, 0.5) is 0 Å². The third kappa shape index (κ3) is 3.72. The van der Waals surface area contributed by atoms with Crippen molar-refractivity contribution >= 4 is 23.0 Å². The van der Waals surface area contributed by atoms with E-state index in [1.54, 1.807) is 18.6 Å². The minimum Gasteiger partial charge on any atom is -0.337 e. The van der Waals surface area contributed by atoms with Crippen LogP contribution in [0.15, 0.2) is 89.3 Å². The van der Waals surface area contributed by atoms with Crippen molar-refractivity contribution in [1.82, 2.24) is 15.0 Å². The summed E-state index contributed by atoms with van der Waals surface area (Å²) in [7, 11) is 0. The van der Waals surface area contributed by atoms with Gasteiger partial charge in [0.2, 0.25) is 0 Å². The van der Waals surface area contributed by atoms with Gasteiger partial charge in [0.05, 0.1) is 17.2 Å². The van der Waals surface area contributed by atoms with Crippen molar-refractivity contribution in [1.29, 1.82) is 0 Å². The maximum absolute atomic E-state index is 4.66. The molecule has 0 saturated heterocycles. The van der Waals surface area contributed by atoms with E-state index in [1.165, 1.54) is 0 Å². The molecular formula is C21H17N5. The fraction of sp³-hybridized carbons (Fsp3) is 0.0476. The van der Waals surface area contributed by atoms with Gasteiger partial charge in [-0.1, -0.05) is 48.5 Å². The summed E-state index contributed by atoms with van der Waals surface area (Å²) in [6, 6.07) is 21.9. The Labute approximate surface area is 151 Å². The van der Waals surface area contributed by atoms with Gasteiger partial charge in [-0.3, -0.25) is 4.98 Å². The highest BCUT2D eigenvalue weighted by Gasteiger charge is 2.10. The highest BCUT2D eigenvalue weighted by atomic mass is 15.2. The van der Waals surface area contributed by atoms with Gasteiger partial charge in [0.15, 0.2) is 5.82 Å². The first kappa shape index (κ1) is 15.9. The van der Waals surface area contributed by atoms with Gasteiger partial charge in [-0.15, -0.1) is 0 Å². The van der Waals surface area contributed by atoms with E-state index in [9.17, 15) is 0 Å². The minimum absolute atomic E-state index is 0.644. The quantitative estimate of drug-likeness (QED) is 0.441. The van der Waals surface area contributed by atoms with Crippen LogP contribution < -0.4 is 0 Å². The number of hydrogen-bond acceptors (Lipinski definition) is 4. The van der Waals surface area contributed by atoms with Crippen molar-refractivity contribution in [3.05, 3.63) is 96.1 Å². The predicted octanol–water partition coefficient (Wildman–Crippen LogP) is 4.02. The van der Waals surface area contributed by atoms with Crippen molar-refractivity contribution in [2.75, 3.05) is 0 Å². The van der Waals surface area contributed by atoms with Gasteiger partial charge in [0.25, 0.3) is 0 Å². The molecule has 4 aromatic rings. The zero-order chi connectivity index (χ0) is 17.6. The molecule has 26 heavy (non-hydrogen) atoms. The molecule has 1 N–H and O–H groups in total. The second kappa shape index (κ2) is 7.53. The topological polar surface area (TPSA) is 66.3 Å². The monoisotopic (exact) mass is 339 g/mol. The predicted molar refractivity (Wildman–Crippen MR) is 105 cm³/mol. The fourth-order valence-corrected chi connectivity index (χ4v) is 2.66. The SMILES string of the molecule is C(=N/N=C(/Cc1ccccc1)c1nc2ccccc2[nH]1)/c1cccnc1. The van der Waals surface area contributed by atoms with Crippen LogP contribution in [0.2, 0.25) is 0 Å². The average molecular weight is 339 g/mol. The summed E-state index contributed by atoms with van der Waals surface area (Å²) >= 11 is 0. The van der Waals surface area contributed by atoms with Crippen molar-refractivity contribution in [3.63, 3.8) is 0 Å². The molecule has 0 amide bonds. The Hall–Kier alpha value is -3.60. The van der Waals surface area contributed by atoms with Crippen molar-refractivity contribution in [3.8, 4) is 0 Å². The number of benzene rings is 2. The van der Waals surface area contributed by atoms with Crippen LogP contribution >= 0.6 is 0 Å². The largest absolute Gasteiger partial charge is 0.337 e. The Morgan fingerprint density at radius 3 is 2.62 bits per heavy atom. The van der Waals surface area contributed by atoms with Crippen LogP contribution in [0.25, 0.3) is 11.0 Å². The number of hydrogen-bond donors (Lipinski definition) is 1. The molecule has 2 aromatic carbocycles. The summed E-state index contributed by atoms with van der Waals surface area (Å²) in [6.07, 6.45) is 5.82. The third-order valence-corrected chi connectivity index (χ3v) is 3.95. The molecule has 126 valence electrons. The van der Waals surface area contributed by atoms with Gasteiger partial charge < -0.3 is 4.98 Å².